The van der Waals surface area contributed by atoms with E-state index in [4.69, 9.17) is 4.42 Å². The number of Topliss-reactive ketones (excluding diaryl/α,β-unsaturated/α-hetero) is 1. The van der Waals surface area contributed by atoms with Crippen molar-refractivity contribution in [3.8, 4) is 11.8 Å². The van der Waals surface area contributed by atoms with Gasteiger partial charge in [0.1, 0.15) is 12.0 Å². The summed E-state index contributed by atoms with van der Waals surface area (Å²) in [5.74, 6) is 6.23. The Morgan fingerprint density at radius 1 is 1.30 bits per heavy atom. The summed E-state index contributed by atoms with van der Waals surface area (Å²) in [7, 11) is 0. The van der Waals surface area contributed by atoms with E-state index in [9.17, 15) is 4.79 Å². The first-order valence-corrected chi connectivity index (χ1v) is 6.52. The van der Waals surface area contributed by atoms with Gasteiger partial charge in [-0.3, -0.25) is 4.79 Å². The van der Waals surface area contributed by atoms with Gasteiger partial charge in [-0.2, -0.15) is 0 Å². The molecule has 20 heavy (non-hydrogen) atoms. The largest absolute Gasteiger partial charge is 0.439 e. The minimum Gasteiger partial charge on any atom is -0.439 e. The van der Waals surface area contributed by atoms with Gasteiger partial charge < -0.3 is 4.42 Å². The van der Waals surface area contributed by atoms with Crippen LogP contribution in [-0.2, 0) is 6.42 Å². The highest BCUT2D eigenvalue weighted by Gasteiger charge is 2.34. The van der Waals surface area contributed by atoms with Crippen molar-refractivity contribution in [2.24, 2.45) is 5.41 Å². The Bertz CT molecular complexity index is 719. The summed E-state index contributed by atoms with van der Waals surface area (Å²) in [4.78, 5) is 20.7. The van der Waals surface area contributed by atoms with Crippen LogP contribution in [0.25, 0.3) is 0 Å². The number of carbonyl (C=O) groups is 1. The van der Waals surface area contributed by atoms with E-state index in [0.717, 1.165) is 24.1 Å². The van der Waals surface area contributed by atoms with Crippen LogP contribution >= 0.6 is 0 Å². The Hall–Kier alpha value is -2.41. The molecule has 1 aliphatic carbocycles. The molecule has 0 saturated heterocycles. The molecule has 100 valence electrons. The highest BCUT2D eigenvalue weighted by molar-refractivity contribution is 6.01. The van der Waals surface area contributed by atoms with Gasteiger partial charge in [0.2, 0.25) is 0 Å². The summed E-state index contributed by atoms with van der Waals surface area (Å²) in [5, 5.41) is 0. The van der Waals surface area contributed by atoms with Gasteiger partial charge in [0.15, 0.2) is 5.78 Å². The quantitative estimate of drug-likeness (QED) is 0.688. The first-order chi connectivity index (χ1) is 9.56. The van der Waals surface area contributed by atoms with E-state index >= 15 is 0 Å². The van der Waals surface area contributed by atoms with Crippen molar-refractivity contribution in [2.75, 3.05) is 0 Å². The van der Waals surface area contributed by atoms with E-state index in [2.05, 4.69) is 21.8 Å². The van der Waals surface area contributed by atoms with Gasteiger partial charge in [0.25, 0.3) is 5.89 Å². The summed E-state index contributed by atoms with van der Waals surface area (Å²) >= 11 is 0. The van der Waals surface area contributed by atoms with Crippen LogP contribution in [0, 0.1) is 17.3 Å². The van der Waals surface area contributed by atoms with Gasteiger partial charge in [-0.1, -0.05) is 13.8 Å². The molecule has 0 saturated carbocycles. The molecular weight excluding hydrogens is 252 g/mol. The summed E-state index contributed by atoms with van der Waals surface area (Å²) in [6.45, 7) is 3.96. The second-order valence-electron chi connectivity index (χ2n) is 5.49. The van der Waals surface area contributed by atoms with E-state index in [1.165, 1.54) is 6.26 Å². The number of hydrogen-bond donors (Lipinski definition) is 0. The monoisotopic (exact) mass is 266 g/mol. The van der Waals surface area contributed by atoms with Crippen LogP contribution < -0.4 is 0 Å². The Kier molecular flexibility index (Phi) is 2.90. The van der Waals surface area contributed by atoms with Crippen molar-refractivity contribution >= 4 is 5.78 Å². The third kappa shape index (κ3) is 2.23. The molecule has 0 aliphatic heterocycles. The predicted octanol–water partition coefficient (Wildman–Crippen LogP) is 2.62. The van der Waals surface area contributed by atoms with Crippen LogP contribution in [0.3, 0.4) is 0 Å². The molecule has 4 nitrogen and oxygen atoms in total. The molecule has 0 unspecified atom stereocenters. The highest BCUT2D eigenvalue weighted by atomic mass is 16.3. The summed E-state index contributed by atoms with van der Waals surface area (Å²) in [5.41, 5.74) is 1.91. The summed E-state index contributed by atoms with van der Waals surface area (Å²) in [6, 6.07) is 3.60. The first kappa shape index (κ1) is 12.6. The molecule has 0 amide bonds. The molecule has 2 aromatic heterocycles. The van der Waals surface area contributed by atoms with Crippen molar-refractivity contribution in [1.29, 1.82) is 0 Å². The smallest absolute Gasteiger partial charge is 0.273 e. The van der Waals surface area contributed by atoms with Crippen molar-refractivity contribution < 1.29 is 9.21 Å². The zero-order chi connectivity index (χ0) is 14.2. The van der Waals surface area contributed by atoms with Crippen molar-refractivity contribution in [3.63, 3.8) is 0 Å². The van der Waals surface area contributed by atoms with Gasteiger partial charge in [0.05, 0.1) is 11.9 Å². The summed E-state index contributed by atoms with van der Waals surface area (Å²) in [6.07, 6.45) is 4.65. The normalized spacial score (nSPS) is 16.2. The molecule has 0 N–H and O–H groups in total. The average Bonchev–Trinajstić information content (AvgIpc) is 2.94. The van der Waals surface area contributed by atoms with Crippen LogP contribution in [0.4, 0.5) is 0 Å². The topological polar surface area (TPSA) is 56.0 Å². The fourth-order valence-electron chi connectivity index (χ4n) is 2.28. The fourth-order valence-corrected chi connectivity index (χ4v) is 2.28. The number of fused-ring (bicyclic) bond motifs is 1. The lowest BCUT2D eigenvalue weighted by atomic mass is 9.75. The molecule has 0 spiro atoms. The zero-order valence-corrected chi connectivity index (χ0v) is 11.4. The maximum atomic E-state index is 12.3. The molecular formula is C16H14N2O2. The van der Waals surface area contributed by atoms with E-state index < -0.39 is 0 Å². The second kappa shape index (κ2) is 4.61. The van der Waals surface area contributed by atoms with Crippen molar-refractivity contribution in [1.82, 2.24) is 9.97 Å². The molecule has 1 aliphatic rings. The minimum atomic E-state index is -0.292. The number of aryl methyl sites for hydroxylation is 1. The molecule has 0 atom stereocenters. The third-order valence-electron chi connectivity index (χ3n) is 3.55. The molecule has 2 heterocycles. The predicted molar refractivity (Wildman–Crippen MR) is 73.2 cm³/mol. The van der Waals surface area contributed by atoms with Gasteiger partial charge >= 0.3 is 0 Å². The number of aromatic nitrogens is 2. The molecule has 3 rings (SSSR count). The molecule has 4 heteroatoms. The summed E-state index contributed by atoms with van der Waals surface area (Å²) < 4.78 is 5.05. The number of hydrogen-bond acceptors (Lipinski definition) is 4. The Balaban J connectivity index is 1.93. The Morgan fingerprint density at radius 2 is 2.15 bits per heavy atom. The van der Waals surface area contributed by atoms with Crippen LogP contribution in [-0.4, -0.2) is 15.8 Å². The minimum absolute atomic E-state index is 0.165. The molecule has 0 fully saturated rings. The maximum absolute atomic E-state index is 12.3. The lowest BCUT2D eigenvalue weighted by Crippen LogP contribution is -2.31. The van der Waals surface area contributed by atoms with Crippen LogP contribution in [0.1, 0.15) is 47.9 Å². The van der Waals surface area contributed by atoms with Gasteiger partial charge in [0, 0.05) is 11.0 Å². The number of rotatable bonds is 0. The lowest BCUT2D eigenvalue weighted by molar-refractivity contribution is 0.0809. The number of pyridine rings is 1. The van der Waals surface area contributed by atoms with Gasteiger partial charge in [-0.05, 0) is 36.8 Å². The zero-order valence-electron chi connectivity index (χ0n) is 11.4. The number of oxazole rings is 1. The number of ketones is 1. The fraction of sp³-hybridized carbons (Fsp3) is 0.312. The SMILES string of the molecule is CC1(C)CCc2nc(C#Cc3ncco3)ccc2C1=O. The average molecular weight is 266 g/mol. The molecule has 2 aromatic rings. The maximum Gasteiger partial charge on any atom is 0.273 e. The number of carbonyl (C=O) groups excluding carboxylic acids is 1. The third-order valence-corrected chi connectivity index (χ3v) is 3.55. The van der Waals surface area contributed by atoms with Crippen molar-refractivity contribution in [3.05, 3.63) is 47.4 Å². The first-order valence-electron chi connectivity index (χ1n) is 6.52. The Morgan fingerprint density at radius 3 is 2.90 bits per heavy atom. The van der Waals surface area contributed by atoms with E-state index in [1.807, 2.05) is 19.9 Å². The molecule has 0 aromatic carbocycles. The van der Waals surface area contributed by atoms with E-state index in [0.29, 0.717) is 11.6 Å². The second-order valence-corrected chi connectivity index (χ2v) is 5.49. The highest BCUT2D eigenvalue weighted by Crippen LogP contribution is 2.33. The lowest BCUT2D eigenvalue weighted by Gasteiger charge is -2.28. The van der Waals surface area contributed by atoms with E-state index in [-0.39, 0.29) is 11.2 Å². The van der Waals surface area contributed by atoms with Crippen LogP contribution in [0.15, 0.2) is 29.0 Å². The Labute approximate surface area is 117 Å². The van der Waals surface area contributed by atoms with Crippen LogP contribution in [0.5, 0.6) is 0 Å². The van der Waals surface area contributed by atoms with Crippen molar-refractivity contribution in [2.45, 2.75) is 26.7 Å². The molecule has 0 radical (unpaired) electrons. The van der Waals surface area contributed by atoms with Gasteiger partial charge in [-0.25, -0.2) is 9.97 Å². The van der Waals surface area contributed by atoms with Crippen LogP contribution in [0.2, 0.25) is 0 Å². The molecule has 0 bridgehead atoms. The van der Waals surface area contributed by atoms with E-state index in [1.54, 1.807) is 12.3 Å². The van der Waals surface area contributed by atoms with Gasteiger partial charge in [-0.15, -0.1) is 0 Å². The number of nitrogens with zero attached hydrogens (tertiary/aromatic N) is 2. The standard InChI is InChI=1S/C16H14N2O2/c1-16(2)8-7-13-12(15(16)19)5-3-11(18-13)4-6-14-17-9-10-20-14/h3,5,9-10H,7-8H2,1-2H3.